The minimum absolute atomic E-state index is 0.142. The van der Waals surface area contributed by atoms with E-state index in [0.717, 1.165) is 11.3 Å². The highest BCUT2D eigenvalue weighted by Crippen LogP contribution is 2.10. The summed E-state index contributed by atoms with van der Waals surface area (Å²) < 4.78 is 1.44. The van der Waals surface area contributed by atoms with E-state index in [1.807, 2.05) is 31.2 Å². The first-order valence-electron chi connectivity index (χ1n) is 4.32. The second kappa shape index (κ2) is 3.06. The van der Waals surface area contributed by atoms with Crippen molar-refractivity contribution in [1.82, 2.24) is 9.78 Å². The molecule has 1 heterocycles. The monoisotopic (exact) mass is 189 g/mol. The predicted octanol–water partition coefficient (Wildman–Crippen LogP) is 1.06. The van der Waals surface area contributed by atoms with Gasteiger partial charge in [0.2, 0.25) is 0 Å². The van der Waals surface area contributed by atoms with Gasteiger partial charge in [-0.05, 0) is 18.6 Å². The van der Waals surface area contributed by atoms with Gasteiger partial charge in [-0.3, -0.25) is 9.89 Å². The van der Waals surface area contributed by atoms with Crippen molar-refractivity contribution >= 4 is 5.82 Å². The number of aryl methyl sites for hydroxylation is 1. The number of benzene rings is 1. The summed E-state index contributed by atoms with van der Waals surface area (Å²) in [6.45, 7) is 1.94. The van der Waals surface area contributed by atoms with E-state index in [4.69, 9.17) is 5.73 Å². The molecule has 2 aromatic rings. The molecule has 0 unspecified atom stereocenters. The maximum atomic E-state index is 11.4. The zero-order valence-electron chi connectivity index (χ0n) is 7.82. The first-order valence-corrected chi connectivity index (χ1v) is 4.32. The summed E-state index contributed by atoms with van der Waals surface area (Å²) in [5.74, 6) is 0.373. The fraction of sp³-hybridized carbons (Fsp3) is 0.100. The summed E-state index contributed by atoms with van der Waals surface area (Å²) in [6.07, 6.45) is 0. The average molecular weight is 189 g/mol. The van der Waals surface area contributed by atoms with E-state index in [1.54, 1.807) is 0 Å². The number of aromatic amines is 1. The maximum absolute atomic E-state index is 11.4. The Morgan fingerprint density at radius 2 is 2.07 bits per heavy atom. The van der Waals surface area contributed by atoms with E-state index < -0.39 is 0 Å². The lowest BCUT2D eigenvalue weighted by Crippen LogP contribution is -2.14. The molecule has 0 aliphatic heterocycles. The number of nitrogens with one attached hydrogen (secondary N) is 1. The lowest BCUT2D eigenvalue weighted by atomic mass is 10.2. The van der Waals surface area contributed by atoms with Crippen molar-refractivity contribution < 1.29 is 0 Å². The molecule has 0 radical (unpaired) electrons. The standard InChI is InChI=1S/C10H11N3O/c1-7-4-2-3-5-8(7)13-10(14)6-9(11)12-13/h2-6,12H,11H2,1H3. The van der Waals surface area contributed by atoms with Gasteiger partial charge >= 0.3 is 0 Å². The fourth-order valence-electron chi connectivity index (χ4n) is 1.41. The van der Waals surface area contributed by atoms with E-state index >= 15 is 0 Å². The van der Waals surface area contributed by atoms with Gasteiger partial charge in [-0.25, -0.2) is 4.68 Å². The summed E-state index contributed by atoms with van der Waals surface area (Å²) in [7, 11) is 0. The zero-order chi connectivity index (χ0) is 10.1. The van der Waals surface area contributed by atoms with Crippen LogP contribution in [0.1, 0.15) is 5.56 Å². The van der Waals surface area contributed by atoms with Crippen LogP contribution in [0, 0.1) is 6.92 Å². The molecule has 0 fully saturated rings. The molecule has 72 valence electrons. The van der Waals surface area contributed by atoms with E-state index in [2.05, 4.69) is 5.10 Å². The normalized spacial score (nSPS) is 10.4. The average Bonchev–Trinajstić information content (AvgIpc) is 2.46. The fourth-order valence-corrected chi connectivity index (χ4v) is 1.41. The molecule has 0 aliphatic carbocycles. The van der Waals surface area contributed by atoms with Crippen molar-refractivity contribution in [3.05, 3.63) is 46.2 Å². The zero-order valence-corrected chi connectivity index (χ0v) is 7.82. The van der Waals surface area contributed by atoms with Gasteiger partial charge in [-0.1, -0.05) is 18.2 Å². The molecule has 0 atom stereocenters. The Kier molecular flexibility index (Phi) is 1.89. The van der Waals surface area contributed by atoms with E-state index in [1.165, 1.54) is 10.7 Å². The number of nitrogens with zero attached hydrogens (tertiary/aromatic N) is 1. The Balaban J connectivity index is 2.66. The van der Waals surface area contributed by atoms with Gasteiger partial charge in [0.1, 0.15) is 5.82 Å². The molecule has 3 N–H and O–H groups in total. The van der Waals surface area contributed by atoms with Crippen molar-refractivity contribution in [3.8, 4) is 5.69 Å². The second-order valence-electron chi connectivity index (χ2n) is 3.17. The summed E-state index contributed by atoms with van der Waals surface area (Å²) in [4.78, 5) is 11.4. The molecule has 0 spiro atoms. The van der Waals surface area contributed by atoms with Crippen molar-refractivity contribution in [1.29, 1.82) is 0 Å². The second-order valence-corrected chi connectivity index (χ2v) is 3.17. The molecule has 0 aliphatic rings. The number of anilines is 1. The molecule has 0 saturated carbocycles. The highest BCUT2D eigenvalue weighted by atomic mass is 16.1. The third-order valence-electron chi connectivity index (χ3n) is 2.10. The molecule has 0 amide bonds. The molecular formula is C10H11N3O. The van der Waals surface area contributed by atoms with Gasteiger partial charge in [-0.2, -0.15) is 0 Å². The van der Waals surface area contributed by atoms with Crippen LogP contribution in [0.25, 0.3) is 5.69 Å². The first-order chi connectivity index (χ1) is 6.68. The number of aromatic nitrogens is 2. The minimum Gasteiger partial charge on any atom is -0.384 e. The van der Waals surface area contributed by atoms with Crippen molar-refractivity contribution in [2.24, 2.45) is 0 Å². The molecular weight excluding hydrogens is 178 g/mol. The van der Waals surface area contributed by atoms with Crippen LogP contribution in [-0.2, 0) is 0 Å². The Hall–Kier alpha value is -1.97. The SMILES string of the molecule is Cc1ccccc1-n1[nH]c(N)cc1=O. The van der Waals surface area contributed by atoms with Crippen LogP contribution in [0.4, 0.5) is 5.82 Å². The quantitative estimate of drug-likeness (QED) is 0.704. The minimum atomic E-state index is -0.142. The van der Waals surface area contributed by atoms with Crippen LogP contribution in [0.15, 0.2) is 35.1 Å². The van der Waals surface area contributed by atoms with Crippen LogP contribution in [0.2, 0.25) is 0 Å². The molecule has 4 heteroatoms. The van der Waals surface area contributed by atoms with Crippen molar-refractivity contribution in [3.63, 3.8) is 0 Å². The van der Waals surface area contributed by atoms with E-state index in [-0.39, 0.29) is 5.56 Å². The lowest BCUT2D eigenvalue weighted by molar-refractivity contribution is 0.847. The largest absolute Gasteiger partial charge is 0.384 e. The number of H-pyrrole nitrogens is 1. The Bertz CT molecular complexity index is 510. The summed E-state index contributed by atoms with van der Waals surface area (Å²) in [5.41, 5.74) is 7.20. The number of para-hydroxylation sites is 1. The van der Waals surface area contributed by atoms with Crippen LogP contribution >= 0.6 is 0 Å². The lowest BCUT2D eigenvalue weighted by Gasteiger charge is -2.04. The third-order valence-corrected chi connectivity index (χ3v) is 2.10. The van der Waals surface area contributed by atoms with Crippen LogP contribution < -0.4 is 11.3 Å². The van der Waals surface area contributed by atoms with Gasteiger partial charge in [0.05, 0.1) is 5.69 Å². The smallest absolute Gasteiger partial charge is 0.273 e. The third kappa shape index (κ3) is 1.31. The summed E-state index contributed by atoms with van der Waals surface area (Å²) in [6, 6.07) is 8.99. The Morgan fingerprint density at radius 1 is 1.36 bits per heavy atom. The Labute approximate surface area is 81.0 Å². The van der Waals surface area contributed by atoms with Crippen LogP contribution in [0.5, 0.6) is 0 Å². The molecule has 14 heavy (non-hydrogen) atoms. The van der Waals surface area contributed by atoms with E-state index in [9.17, 15) is 4.79 Å². The molecule has 0 saturated heterocycles. The van der Waals surface area contributed by atoms with Gasteiger partial charge in [0, 0.05) is 6.07 Å². The first kappa shape index (κ1) is 8.62. The Morgan fingerprint density at radius 3 is 2.64 bits per heavy atom. The molecule has 2 rings (SSSR count). The van der Waals surface area contributed by atoms with Gasteiger partial charge in [0.25, 0.3) is 5.56 Å². The highest BCUT2D eigenvalue weighted by molar-refractivity contribution is 5.41. The summed E-state index contributed by atoms with van der Waals surface area (Å²) >= 11 is 0. The van der Waals surface area contributed by atoms with Crippen molar-refractivity contribution in [2.75, 3.05) is 5.73 Å². The number of rotatable bonds is 1. The van der Waals surface area contributed by atoms with E-state index in [0.29, 0.717) is 5.82 Å². The number of hydrogen-bond acceptors (Lipinski definition) is 2. The molecule has 0 bridgehead atoms. The predicted molar refractivity (Wildman–Crippen MR) is 55.5 cm³/mol. The molecule has 1 aromatic heterocycles. The molecule has 4 nitrogen and oxygen atoms in total. The molecule has 1 aromatic carbocycles. The number of hydrogen-bond donors (Lipinski definition) is 2. The highest BCUT2D eigenvalue weighted by Gasteiger charge is 2.04. The van der Waals surface area contributed by atoms with Crippen LogP contribution in [-0.4, -0.2) is 9.78 Å². The summed E-state index contributed by atoms with van der Waals surface area (Å²) in [5, 5.41) is 2.78. The maximum Gasteiger partial charge on any atom is 0.273 e. The van der Waals surface area contributed by atoms with Crippen molar-refractivity contribution in [2.45, 2.75) is 6.92 Å². The van der Waals surface area contributed by atoms with Gasteiger partial charge < -0.3 is 5.73 Å². The number of nitrogen functional groups attached to an aromatic ring is 1. The van der Waals surface area contributed by atoms with Gasteiger partial charge in [-0.15, -0.1) is 0 Å². The van der Waals surface area contributed by atoms with Crippen LogP contribution in [0.3, 0.4) is 0 Å². The topological polar surface area (TPSA) is 63.8 Å². The van der Waals surface area contributed by atoms with Gasteiger partial charge in [0.15, 0.2) is 0 Å². The number of nitrogens with two attached hydrogens (primary N) is 1.